The van der Waals surface area contributed by atoms with Crippen molar-refractivity contribution in [1.82, 2.24) is 20.9 Å². The molecule has 1 atom stereocenters. The van der Waals surface area contributed by atoms with Gasteiger partial charge < -0.3 is 26.0 Å². The smallest absolute Gasteiger partial charge is 0.319 e. The van der Waals surface area contributed by atoms with Crippen molar-refractivity contribution < 1.29 is 14.3 Å². The minimum absolute atomic E-state index is 0.0583. The van der Waals surface area contributed by atoms with Gasteiger partial charge in [-0.05, 0) is 31.4 Å². The summed E-state index contributed by atoms with van der Waals surface area (Å²) in [6, 6.07) is 3.23. The maximum atomic E-state index is 11.8. The molecule has 2 heterocycles. The average Bonchev–Trinajstić information content (AvgIpc) is 2.62. The van der Waals surface area contributed by atoms with Crippen LogP contribution in [0.25, 0.3) is 0 Å². The van der Waals surface area contributed by atoms with Crippen molar-refractivity contribution in [2.45, 2.75) is 25.4 Å². The molecule has 2 rings (SSSR count). The van der Waals surface area contributed by atoms with E-state index < -0.39 is 0 Å². The van der Waals surface area contributed by atoms with Gasteiger partial charge in [0.2, 0.25) is 5.91 Å². The Morgan fingerprint density at radius 3 is 2.62 bits per heavy atom. The molecule has 1 aromatic heterocycles. The first-order valence-electron chi connectivity index (χ1n) is 8.30. The number of unbranched alkanes of at least 4 members (excludes halogenated alkanes) is 2. The number of pyridine rings is 1. The van der Waals surface area contributed by atoms with E-state index in [1.54, 1.807) is 24.5 Å². The summed E-state index contributed by atoms with van der Waals surface area (Å²) in [5, 5.41) is 11.5. The number of hydrogen-bond donors (Lipinski definition) is 4. The van der Waals surface area contributed by atoms with E-state index in [1.807, 2.05) is 0 Å². The Morgan fingerprint density at radius 1 is 1.17 bits per heavy atom. The lowest BCUT2D eigenvalue weighted by Gasteiger charge is -2.22. The normalized spacial score (nSPS) is 17.1. The number of ether oxygens (including phenoxy) is 1. The Morgan fingerprint density at radius 2 is 1.92 bits per heavy atom. The number of nitrogens with one attached hydrogen (secondary N) is 4. The average molecular weight is 335 g/mol. The van der Waals surface area contributed by atoms with E-state index in [-0.39, 0.29) is 18.0 Å². The molecule has 0 aromatic carbocycles. The molecule has 0 bridgehead atoms. The molecule has 3 amide bonds. The van der Waals surface area contributed by atoms with Crippen molar-refractivity contribution in [3.8, 4) is 0 Å². The molecule has 1 aliphatic heterocycles. The van der Waals surface area contributed by atoms with E-state index >= 15 is 0 Å². The molecular formula is C16H25N5O3. The van der Waals surface area contributed by atoms with E-state index in [2.05, 4.69) is 26.3 Å². The predicted molar refractivity (Wildman–Crippen MR) is 90.7 cm³/mol. The highest BCUT2D eigenvalue weighted by atomic mass is 16.5. The van der Waals surface area contributed by atoms with Crippen LogP contribution in [0.2, 0.25) is 0 Å². The monoisotopic (exact) mass is 335 g/mol. The van der Waals surface area contributed by atoms with Gasteiger partial charge in [0.1, 0.15) is 6.10 Å². The van der Waals surface area contributed by atoms with Gasteiger partial charge in [0.15, 0.2) is 0 Å². The van der Waals surface area contributed by atoms with Gasteiger partial charge in [-0.25, -0.2) is 4.79 Å². The second-order valence-electron chi connectivity index (χ2n) is 5.53. The first kappa shape index (κ1) is 18.2. The van der Waals surface area contributed by atoms with E-state index in [9.17, 15) is 9.59 Å². The zero-order valence-corrected chi connectivity index (χ0v) is 13.7. The standard InChI is InChI=1S/C16H25N5O3/c22-15(14-12-18-10-11-24-14)19-6-2-1-3-7-20-16(23)21-13-4-8-17-9-5-13/h4-5,8-9,14,18H,1-3,6-7,10-12H2,(H,19,22)(H2,17,20,21,23). The van der Waals surface area contributed by atoms with Crippen molar-refractivity contribution in [2.24, 2.45) is 0 Å². The minimum atomic E-state index is -0.378. The number of carbonyl (C=O) groups excluding carboxylic acids is 2. The molecule has 4 N–H and O–H groups in total. The molecule has 8 nitrogen and oxygen atoms in total. The molecule has 1 aliphatic rings. The van der Waals surface area contributed by atoms with Crippen molar-refractivity contribution in [3.63, 3.8) is 0 Å². The van der Waals surface area contributed by atoms with Crippen LogP contribution in [0.15, 0.2) is 24.5 Å². The summed E-state index contributed by atoms with van der Waals surface area (Å²) in [6.07, 6.45) is 5.54. The van der Waals surface area contributed by atoms with Crippen LogP contribution in [0, 0.1) is 0 Å². The zero-order chi connectivity index (χ0) is 17.0. The van der Waals surface area contributed by atoms with Crippen molar-refractivity contribution >= 4 is 17.6 Å². The van der Waals surface area contributed by atoms with Gasteiger partial charge in [-0.1, -0.05) is 0 Å². The van der Waals surface area contributed by atoms with E-state index in [4.69, 9.17) is 4.74 Å². The summed E-state index contributed by atoms with van der Waals surface area (Å²) in [7, 11) is 0. The van der Waals surface area contributed by atoms with E-state index in [0.717, 1.165) is 25.8 Å². The van der Waals surface area contributed by atoms with E-state index in [0.29, 0.717) is 31.9 Å². The Kier molecular flexibility index (Phi) is 7.99. The minimum Gasteiger partial charge on any atom is -0.366 e. The first-order chi connectivity index (χ1) is 11.8. The second kappa shape index (κ2) is 10.6. The SMILES string of the molecule is O=C(NCCCCCNC(=O)C1CNCCO1)Nc1ccncc1. The van der Waals surface area contributed by atoms with Gasteiger partial charge in [-0.3, -0.25) is 9.78 Å². The topological polar surface area (TPSA) is 104 Å². The summed E-state index contributed by atoms with van der Waals surface area (Å²) in [5.41, 5.74) is 0.713. The third-order valence-corrected chi connectivity index (χ3v) is 3.60. The van der Waals surface area contributed by atoms with Crippen LogP contribution in [0.4, 0.5) is 10.5 Å². The second-order valence-corrected chi connectivity index (χ2v) is 5.53. The number of hydrogen-bond acceptors (Lipinski definition) is 5. The molecular weight excluding hydrogens is 310 g/mol. The maximum absolute atomic E-state index is 11.8. The first-order valence-corrected chi connectivity index (χ1v) is 8.30. The molecule has 1 saturated heterocycles. The Balaban J connectivity index is 1.45. The number of rotatable bonds is 8. The Bertz CT molecular complexity index is 506. The van der Waals surface area contributed by atoms with Crippen LogP contribution in [-0.2, 0) is 9.53 Å². The number of nitrogens with zero attached hydrogens (tertiary/aromatic N) is 1. The lowest BCUT2D eigenvalue weighted by molar-refractivity contribution is -0.134. The third kappa shape index (κ3) is 6.93. The van der Waals surface area contributed by atoms with Crippen molar-refractivity contribution in [2.75, 3.05) is 38.1 Å². The summed E-state index contributed by atoms with van der Waals surface area (Å²) < 4.78 is 5.38. The van der Waals surface area contributed by atoms with Gasteiger partial charge in [0, 0.05) is 44.3 Å². The van der Waals surface area contributed by atoms with Gasteiger partial charge in [0.05, 0.1) is 6.61 Å². The molecule has 8 heteroatoms. The van der Waals surface area contributed by atoms with Crippen molar-refractivity contribution in [3.05, 3.63) is 24.5 Å². The molecule has 1 fully saturated rings. The van der Waals surface area contributed by atoms with Crippen LogP contribution in [0.5, 0.6) is 0 Å². The Hall–Kier alpha value is -2.19. The number of amides is 3. The van der Waals surface area contributed by atoms with Gasteiger partial charge in [-0.15, -0.1) is 0 Å². The largest absolute Gasteiger partial charge is 0.366 e. The van der Waals surface area contributed by atoms with Crippen molar-refractivity contribution in [1.29, 1.82) is 0 Å². The highest BCUT2D eigenvalue weighted by Gasteiger charge is 2.20. The third-order valence-electron chi connectivity index (χ3n) is 3.60. The molecule has 1 unspecified atom stereocenters. The number of urea groups is 1. The molecule has 0 saturated carbocycles. The van der Waals surface area contributed by atoms with Gasteiger partial charge >= 0.3 is 6.03 Å². The lowest BCUT2D eigenvalue weighted by Crippen LogP contribution is -2.48. The molecule has 0 spiro atoms. The zero-order valence-electron chi connectivity index (χ0n) is 13.7. The summed E-state index contributed by atoms with van der Waals surface area (Å²) >= 11 is 0. The number of anilines is 1. The highest BCUT2D eigenvalue weighted by molar-refractivity contribution is 5.89. The predicted octanol–water partition coefficient (Wildman–Crippen LogP) is 0.478. The van der Waals surface area contributed by atoms with Crippen LogP contribution in [-0.4, -0.2) is 55.8 Å². The molecule has 0 aliphatic carbocycles. The maximum Gasteiger partial charge on any atom is 0.319 e. The molecule has 0 radical (unpaired) electrons. The molecule has 1 aromatic rings. The van der Waals surface area contributed by atoms with E-state index in [1.165, 1.54) is 0 Å². The van der Waals surface area contributed by atoms with Crippen LogP contribution >= 0.6 is 0 Å². The lowest BCUT2D eigenvalue weighted by atomic mass is 10.2. The van der Waals surface area contributed by atoms with Gasteiger partial charge in [-0.2, -0.15) is 0 Å². The number of carbonyl (C=O) groups is 2. The van der Waals surface area contributed by atoms with Gasteiger partial charge in [0.25, 0.3) is 0 Å². The molecule has 132 valence electrons. The Labute approximate surface area is 141 Å². The summed E-state index contributed by atoms with van der Waals surface area (Å²) in [5.74, 6) is -0.0583. The quantitative estimate of drug-likeness (QED) is 0.517. The number of morpholine rings is 1. The van der Waals surface area contributed by atoms with Crippen LogP contribution in [0.3, 0.4) is 0 Å². The highest BCUT2D eigenvalue weighted by Crippen LogP contribution is 2.02. The summed E-state index contributed by atoms with van der Waals surface area (Å²) in [4.78, 5) is 27.3. The number of aromatic nitrogens is 1. The summed E-state index contributed by atoms with van der Waals surface area (Å²) in [6.45, 7) is 3.17. The van der Waals surface area contributed by atoms with Crippen LogP contribution < -0.4 is 21.3 Å². The molecule has 24 heavy (non-hydrogen) atoms. The fourth-order valence-electron chi connectivity index (χ4n) is 2.30. The fourth-order valence-corrected chi connectivity index (χ4v) is 2.30. The fraction of sp³-hybridized carbons (Fsp3) is 0.562. The van der Waals surface area contributed by atoms with Crippen LogP contribution in [0.1, 0.15) is 19.3 Å².